The van der Waals surface area contributed by atoms with Gasteiger partial charge in [0, 0.05) is 5.69 Å². The molecule has 2 rings (SSSR count). The maximum absolute atomic E-state index is 12.1. The fourth-order valence-corrected chi connectivity index (χ4v) is 4.79. The predicted molar refractivity (Wildman–Crippen MR) is 86.4 cm³/mol. The van der Waals surface area contributed by atoms with Crippen molar-refractivity contribution < 1.29 is 26.7 Å². The van der Waals surface area contributed by atoms with Crippen LogP contribution >= 0.6 is 11.6 Å². The molecule has 0 aliphatic carbocycles. The molecule has 1 aliphatic rings. The van der Waals surface area contributed by atoms with Crippen molar-refractivity contribution in [3.05, 3.63) is 23.2 Å². The first-order valence-electron chi connectivity index (χ1n) is 7.08. The first kappa shape index (κ1) is 18.7. The zero-order chi connectivity index (χ0) is 18.0. The molecule has 1 atom stereocenters. The Bertz CT molecular complexity index is 729. The number of carbonyl (C=O) groups excluding carboxylic acids is 1. The van der Waals surface area contributed by atoms with E-state index in [9.17, 15) is 22.0 Å². The molecule has 1 aliphatic heterocycles. The monoisotopic (exact) mass is 382 g/mol. The second kappa shape index (κ2) is 7.10. The Morgan fingerprint density at radius 2 is 2.17 bits per heavy atom. The number of nitrogens with one attached hydrogen (secondary N) is 2. The summed E-state index contributed by atoms with van der Waals surface area (Å²) in [7, 11) is -3.11. The Morgan fingerprint density at radius 3 is 2.71 bits per heavy atom. The summed E-state index contributed by atoms with van der Waals surface area (Å²) in [6.45, 7) is -1.40. The average molecular weight is 383 g/mol. The molecule has 24 heavy (non-hydrogen) atoms. The fraction of sp³-hybridized carbons (Fsp3) is 0.500. The van der Waals surface area contributed by atoms with E-state index in [2.05, 4.69) is 15.4 Å². The quantitative estimate of drug-likeness (QED) is 0.786. The Hall–Kier alpha value is -1.61. The molecule has 0 aromatic heterocycles. The van der Waals surface area contributed by atoms with Gasteiger partial charge < -0.3 is 15.4 Å². The third-order valence-electron chi connectivity index (χ3n) is 3.55. The summed E-state index contributed by atoms with van der Waals surface area (Å²) in [6, 6.07) is 4.06. The lowest BCUT2D eigenvalue weighted by atomic mass is 10.0. The molecule has 134 valence electrons. The smallest absolute Gasteiger partial charge is 0.387 e. The van der Waals surface area contributed by atoms with Crippen LogP contribution < -0.4 is 15.4 Å². The van der Waals surface area contributed by atoms with Crippen molar-refractivity contribution in [1.82, 2.24) is 5.32 Å². The Kier molecular flexibility index (Phi) is 5.54. The standard InChI is InChI=1S/C14H17ClF2N2O4S/c1-14(4-5-24(21,22)8-14)19-12(20)7-18-9-2-3-11(10(15)6-9)23-13(16)17/h2-3,6,13,18H,4-5,7-8H2,1H3,(H,19,20). The molecule has 1 saturated heterocycles. The summed E-state index contributed by atoms with van der Waals surface area (Å²) in [6.07, 6.45) is 0.368. The largest absolute Gasteiger partial charge is 0.433 e. The number of carbonyl (C=O) groups is 1. The first-order chi connectivity index (χ1) is 11.1. The Morgan fingerprint density at radius 1 is 1.46 bits per heavy atom. The van der Waals surface area contributed by atoms with Crippen LogP contribution in [0.25, 0.3) is 0 Å². The van der Waals surface area contributed by atoms with E-state index in [0.717, 1.165) is 0 Å². The molecule has 6 nitrogen and oxygen atoms in total. The molecule has 1 unspecified atom stereocenters. The van der Waals surface area contributed by atoms with Crippen LogP contribution in [0.5, 0.6) is 5.75 Å². The minimum atomic E-state index is -3.11. The molecule has 1 aromatic rings. The number of alkyl halides is 2. The lowest BCUT2D eigenvalue weighted by Crippen LogP contribution is -2.48. The van der Waals surface area contributed by atoms with Crippen LogP contribution in [0, 0.1) is 0 Å². The number of ether oxygens (including phenoxy) is 1. The molecule has 0 radical (unpaired) electrons. The molecule has 1 aromatic carbocycles. The van der Waals surface area contributed by atoms with Crippen LogP contribution in [-0.4, -0.2) is 44.5 Å². The first-order valence-corrected chi connectivity index (χ1v) is 9.28. The minimum Gasteiger partial charge on any atom is -0.433 e. The van der Waals surface area contributed by atoms with Gasteiger partial charge in [-0.15, -0.1) is 0 Å². The lowest BCUT2D eigenvalue weighted by molar-refractivity contribution is -0.120. The molecular formula is C14H17ClF2N2O4S. The van der Waals surface area contributed by atoms with E-state index in [0.29, 0.717) is 12.1 Å². The second-order valence-corrected chi connectivity index (χ2v) is 8.42. The normalized spacial score (nSPS) is 22.4. The lowest BCUT2D eigenvalue weighted by Gasteiger charge is -2.24. The van der Waals surface area contributed by atoms with Crippen molar-refractivity contribution in [3.8, 4) is 5.75 Å². The van der Waals surface area contributed by atoms with E-state index in [-0.39, 0.29) is 34.7 Å². The zero-order valence-corrected chi connectivity index (χ0v) is 14.4. The highest BCUT2D eigenvalue weighted by atomic mass is 35.5. The Labute approximate surface area is 143 Å². The number of hydrogen-bond acceptors (Lipinski definition) is 5. The van der Waals surface area contributed by atoms with Crippen molar-refractivity contribution in [2.45, 2.75) is 25.5 Å². The second-order valence-electron chi connectivity index (χ2n) is 5.83. The van der Waals surface area contributed by atoms with Gasteiger partial charge in [-0.3, -0.25) is 4.79 Å². The van der Waals surface area contributed by atoms with Crippen molar-refractivity contribution >= 4 is 33.0 Å². The van der Waals surface area contributed by atoms with E-state index in [4.69, 9.17) is 11.6 Å². The van der Waals surface area contributed by atoms with Gasteiger partial charge in [0.2, 0.25) is 5.91 Å². The van der Waals surface area contributed by atoms with Crippen molar-refractivity contribution in [1.29, 1.82) is 0 Å². The van der Waals surface area contributed by atoms with Gasteiger partial charge in [-0.2, -0.15) is 8.78 Å². The predicted octanol–water partition coefficient (Wildman–Crippen LogP) is 2.05. The number of hydrogen-bond donors (Lipinski definition) is 2. The summed E-state index contributed by atoms with van der Waals surface area (Å²) in [5.41, 5.74) is -0.328. The summed E-state index contributed by atoms with van der Waals surface area (Å²) in [4.78, 5) is 12.0. The number of benzene rings is 1. The van der Waals surface area contributed by atoms with Crippen molar-refractivity contribution in [2.75, 3.05) is 23.4 Å². The molecule has 0 saturated carbocycles. The average Bonchev–Trinajstić information content (AvgIpc) is 2.72. The zero-order valence-electron chi connectivity index (χ0n) is 12.8. The van der Waals surface area contributed by atoms with Crippen LogP contribution in [0.1, 0.15) is 13.3 Å². The highest BCUT2D eigenvalue weighted by Crippen LogP contribution is 2.29. The maximum Gasteiger partial charge on any atom is 0.387 e. The van der Waals surface area contributed by atoms with E-state index < -0.39 is 22.0 Å². The summed E-state index contributed by atoms with van der Waals surface area (Å²) < 4.78 is 51.5. The number of anilines is 1. The number of rotatable bonds is 6. The molecule has 0 spiro atoms. The summed E-state index contributed by atoms with van der Waals surface area (Å²) in [5.74, 6) is -0.570. The van der Waals surface area contributed by atoms with Crippen LogP contribution in [0.4, 0.5) is 14.5 Å². The van der Waals surface area contributed by atoms with Crippen LogP contribution in [0.15, 0.2) is 18.2 Å². The van der Waals surface area contributed by atoms with Crippen molar-refractivity contribution in [3.63, 3.8) is 0 Å². The van der Waals surface area contributed by atoms with E-state index >= 15 is 0 Å². The topological polar surface area (TPSA) is 84.5 Å². The van der Waals surface area contributed by atoms with Crippen molar-refractivity contribution in [2.24, 2.45) is 0 Å². The molecule has 10 heteroatoms. The van der Waals surface area contributed by atoms with Crippen LogP contribution in [-0.2, 0) is 14.6 Å². The van der Waals surface area contributed by atoms with Gasteiger partial charge in [-0.05, 0) is 31.5 Å². The van der Waals surface area contributed by atoms with Gasteiger partial charge in [0.1, 0.15) is 5.75 Å². The van der Waals surface area contributed by atoms with Gasteiger partial charge >= 0.3 is 6.61 Å². The molecule has 1 amide bonds. The number of halogens is 3. The van der Waals surface area contributed by atoms with E-state index in [1.807, 2.05) is 0 Å². The molecule has 1 fully saturated rings. The van der Waals surface area contributed by atoms with Crippen LogP contribution in [0.3, 0.4) is 0 Å². The fourth-order valence-electron chi connectivity index (χ4n) is 2.47. The number of sulfone groups is 1. The summed E-state index contributed by atoms with van der Waals surface area (Å²) in [5, 5.41) is 5.47. The molecular weight excluding hydrogens is 366 g/mol. The third kappa shape index (κ3) is 5.20. The van der Waals surface area contributed by atoms with Gasteiger partial charge in [-0.25, -0.2) is 8.42 Å². The minimum absolute atomic E-state index is 0.0189. The van der Waals surface area contributed by atoms with E-state index in [1.54, 1.807) is 6.92 Å². The SMILES string of the molecule is CC1(NC(=O)CNc2ccc(OC(F)F)c(Cl)c2)CCS(=O)(=O)C1. The highest BCUT2D eigenvalue weighted by Gasteiger charge is 2.39. The van der Waals surface area contributed by atoms with Gasteiger partial charge in [0.05, 0.1) is 28.6 Å². The molecule has 2 N–H and O–H groups in total. The van der Waals surface area contributed by atoms with Gasteiger partial charge in [0.25, 0.3) is 0 Å². The maximum atomic E-state index is 12.1. The third-order valence-corrected chi connectivity index (χ3v) is 5.74. The Balaban J connectivity index is 1.89. The number of amides is 1. The van der Waals surface area contributed by atoms with Gasteiger partial charge in [0.15, 0.2) is 9.84 Å². The van der Waals surface area contributed by atoms with Gasteiger partial charge in [-0.1, -0.05) is 11.6 Å². The molecule has 0 bridgehead atoms. The highest BCUT2D eigenvalue weighted by molar-refractivity contribution is 7.91. The van der Waals surface area contributed by atoms with E-state index in [1.165, 1.54) is 18.2 Å². The summed E-state index contributed by atoms with van der Waals surface area (Å²) >= 11 is 5.81. The molecule has 1 heterocycles. The van der Waals surface area contributed by atoms with Crippen LogP contribution in [0.2, 0.25) is 5.02 Å².